The van der Waals surface area contributed by atoms with Crippen molar-refractivity contribution in [3.8, 4) is 28.5 Å². The van der Waals surface area contributed by atoms with E-state index in [2.05, 4.69) is 19.7 Å². The Hall–Kier alpha value is -3.37. The molecular weight excluding hydrogens is 448 g/mol. The van der Waals surface area contributed by atoms with Gasteiger partial charge in [-0.3, -0.25) is 4.79 Å². The summed E-state index contributed by atoms with van der Waals surface area (Å²) >= 11 is 2.65. The van der Waals surface area contributed by atoms with Gasteiger partial charge in [-0.15, -0.1) is 0 Å². The minimum atomic E-state index is -0.187. The van der Waals surface area contributed by atoms with Crippen LogP contribution in [-0.2, 0) is 4.79 Å². The van der Waals surface area contributed by atoms with Crippen LogP contribution in [0.2, 0.25) is 0 Å². The van der Waals surface area contributed by atoms with Crippen molar-refractivity contribution in [3.63, 3.8) is 0 Å². The van der Waals surface area contributed by atoms with Crippen molar-refractivity contribution in [2.75, 3.05) is 32.4 Å². The Morgan fingerprint density at radius 2 is 1.75 bits per heavy atom. The topological polar surface area (TPSA) is 95.5 Å². The number of hydrogen-bond donors (Lipinski definition) is 1. The number of thioether (sulfide) groups is 1. The molecule has 1 amide bonds. The van der Waals surface area contributed by atoms with E-state index in [1.165, 1.54) is 29.6 Å². The van der Waals surface area contributed by atoms with Gasteiger partial charge in [0.1, 0.15) is 44.5 Å². The van der Waals surface area contributed by atoms with Gasteiger partial charge < -0.3 is 19.5 Å². The highest BCUT2D eigenvalue weighted by Gasteiger charge is 2.16. The molecule has 0 saturated heterocycles. The number of nitrogens with zero attached hydrogens (tertiary/aromatic N) is 3. The summed E-state index contributed by atoms with van der Waals surface area (Å²) in [6.07, 6.45) is 1.50. The molecule has 0 radical (unpaired) electrons. The fourth-order valence-corrected chi connectivity index (χ4v) is 4.74. The van der Waals surface area contributed by atoms with Crippen LogP contribution >= 0.6 is 23.3 Å². The van der Waals surface area contributed by atoms with Crippen LogP contribution in [0.5, 0.6) is 17.2 Å². The van der Waals surface area contributed by atoms with E-state index in [0.717, 1.165) is 27.2 Å². The van der Waals surface area contributed by atoms with Crippen LogP contribution in [0.1, 0.15) is 0 Å². The Morgan fingerprint density at radius 1 is 1.00 bits per heavy atom. The van der Waals surface area contributed by atoms with Gasteiger partial charge in [0.2, 0.25) is 5.91 Å². The number of nitrogens with one attached hydrogen (secondary N) is 1. The number of amides is 1. The zero-order valence-corrected chi connectivity index (χ0v) is 19.3. The number of hydrogen-bond acceptors (Lipinski definition) is 9. The van der Waals surface area contributed by atoms with Gasteiger partial charge in [-0.1, -0.05) is 11.8 Å². The van der Waals surface area contributed by atoms with Crippen LogP contribution in [0.15, 0.2) is 53.8 Å². The maximum Gasteiger partial charge on any atom is 0.234 e. The van der Waals surface area contributed by atoms with Crippen LogP contribution in [0, 0.1) is 0 Å². The Morgan fingerprint density at radius 3 is 2.47 bits per heavy atom. The molecule has 164 valence electrons. The number of benzene rings is 2. The maximum atomic E-state index is 12.6. The molecule has 4 aromatic rings. The smallest absolute Gasteiger partial charge is 0.234 e. The summed E-state index contributed by atoms with van der Waals surface area (Å²) in [4.78, 5) is 21.4. The largest absolute Gasteiger partial charge is 0.497 e. The van der Waals surface area contributed by atoms with Crippen molar-refractivity contribution >= 4 is 45.1 Å². The predicted octanol–water partition coefficient (Wildman–Crippen LogP) is 4.51. The van der Waals surface area contributed by atoms with Gasteiger partial charge in [0.05, 0.1) is 32.8 Å². The number of aromatic nitrogens is 3. The van der Waals surface area contributed by atoms with Crippen LogP contribution < -0.4 is 19.5 Å². The van der Waals surface area contributed by atoms with Crippen molar-refractivity contribution in [1.29, 1.82) is 0 Å². The Balaban J connectivity index is 1.50. The number of fused-ring (bicyclic) bond motifs is 1. The number of carbonyl (C=O) groups excluding carboxylic acids is 1. The van der Waals surface area contributed by atoms with E-state index >= 15 is 0 Å². The molecule has 0 aliphatic rings. The molecule has 32 heavy (non-hydrogen) atoms. The molecule has 8 nitrogen and oxygen atoms in total. The van der Waals surface area contributed by atoms with Crippen molar-refractivity contribution in [1.82, 2.24) is 14.3 Å². The van der Waals surface area contributed by atoms with E-state index in [4.69, 9.17) is 14.2 Å². The van der Waals surface area contributed by atoms with Crippen molar-refractivity contribution in [2.24, 2.45) is 0 Å². The zero-order valence-electron chi connectivity index (χ0n) is 17.6. The van der Waals surface area contributed by atoms with E-state index < -0.39 is 0 Å². The van der Waals surface area contributed by atoms with Gasteiger partial charge in [-0.05, 0) is 47.9 Å². The molecule has 0 saturated carbocycles. The second-order valence-corrected chi connectivity index (χ2v) is 8.26. The minimum absolute atomic E-state index is 0.169. The van der Waals surface area contributed by atoms with Gasteiger partial charge in [0, 0.05) is 11.6 Å². The average molecular weight is 469 g/mol. The van der Waals surface area contributed by atoms with Crippen LogP contribution in [-0.4, -0.2) is 47.3 Å². The third kappa shape index (κ3) is 4.61. The third-order valence-electron chi connectivity index (χ3n) is 4.61. The standard InChI is InChI=1S/C22H20N4O4S2/c1-28-14-6-4-13(5-7-14)19-20-21(32-26-19)22(24-12-23-20)31-11-18(27)25-16-10-15(29-2)8-9-17(16)30-3/h4-10,12H,11H2,1-3H3,(H,25,27). The molecule has 10 heteroatoms. The van der Waals surface area contributed by atoms with E-state index in [-0.39, 0.29) is 11.7 Å². The van der Waals surface area contributed by atoms with Crippen molar-refractivity contribution in [2.45, 2.75) is 5.03 Å². The summed E-state index contributed by atoms with van der Waals surface area (Å²) in [5, 5.41) is 3.57. The fourth-order valence-electron chi connectivity index (χ4n) is 3.02. The Labute approximate surface area is 193 Å². The highest BCUT2D eigenvalue weighted by Crippen LogP contribution is 2.35. The lowest BCUT2D eigenvalue weighted by atomic mass is 10.1. The van der Waals surface area contributed by atoms with E-state index in [0.29, 0.717) is 22.2 Å². The van der Waals surface area contributed by atoms with E-state index in [9.17, 15) is 4.79 Å². The second-order valence-electron chi connectivity index (χ2n) is 6.52. The summed E-state index contributed by atoms with van der Waals surface area (Å²) in [5.41, 5.74) is 3.02. The quantitative estimate of drug-likeness (QED) is 0.298. The highest BCUT2D eigenvalue weighted by atomic mass is 32.2. The molecule has 2 heterocycles. The van der Waals surface area contributed by atoms with E-state index in [1.807, 2.05) is 24.3 Å². The first-order chi connectivity index (χ1) is 15.6. The van der Waals surface area contributed by atoms with Gasteiger partial charge >= 0.3 is 0 Å². The molecule has 2 aromatic carbocycles. The Bertz CT molecular complexity index is 1240. The summed E-state index contributed by atoms with van der Waals surface area (Å²) in [6.45, 7) is 0. The highest BCUT2D eigenvalue weighted by molar-refractivity contribution is 8.00. The first kappa shape index (κ1) is 21.8. The summed E-state index contributed by atoms with van der Waals surface area (Å²) < 4.78 is 21.2. The van der Waals surface area contributed by atoms with Gasteiger partial charge in [-0.2, -0.15) is 4.37 Å². The molecule has 0 spiro atoms. The molecule has 0 aliphatic heterocycles. The van der Waals surface area contributed by atoms with Gasteiger partial charge in [0.25, 0.3) is 0 Å². The number of methoxy groups -OCH3 is 3. The number of ether oxygens (including phenoxy) is 3. The number of anilines is 1. The monoisotopic (exact) mass is 468 g/mol. The number of carbonyl (C=O) groups is 1. The molecule has 0 aliphatic carbocycles. The molecule has 1 N–H and O–H groups in total. The molecular formula is C22H20N4O4S2. The molecule has 0 bridgehead atoms. The van der Waals surface area contributed by atoms with Crippen LogP contribution in [0.3, 0.4) is 0 Å². The Kier molecular flexibility index (Phi) is 6.72. The van der Waals surface area contributed by atoms with Crippen molar-refractivity contribution in [3.05, 3.63) is 48.8 Å². The summed E-state index contributed by atoms with van der Waals surface area (Å²) in [5.74, 6) is 1.94. The van der Waals surface area contributed by atoms with Crippen LogP contribution in [0.25, 0.3) is 21.5 Å². The lowest BCUT2D eigenvalue weighted by Crippen LogP contribution is -2.15. The van der Waals surface area contributed by atoms with Gasteiger partial charge in [-0.25, -0.2) is 9.97 Å². The summed E-state index contributed by atoms with van der Waals surface area (Å²) in [7, 11) is 4.75. The SMILES string of the molecule is COc1ccc(-c2nsc3c(SCC(=O)Nc4cc(OC)ccc4OC)ncnc23)cc1. The molecule has 2 aromatic heterocycles. The van der Waals surface area contributed by atoms with Crippen LogP contribution in [0.4, 0.5) is 5.69 Å². The molecule has 4 rings (SSSR count). The lowest BCUT2D eigenvalue weighted by molar-refractivity contribution is -0.113. The normalized spacial score (nSPS) is 10.7. The third-order valence-corrected chi connectivity index (χ3v) is 6.57. The molecule has 0 fully saturated rings. The molecule has 0 unspecified atom stereocenters. The second kappa shape index (κ2) is 9.84. The van der Waals surface area contributed by atoms with E-state index in [1.54, 1.807) is 39.5 Å². The summed E-state index contributed by atoms with van der Waals surface area (Å²) in [6, 6.07) is 12.9. The first-order valence-corrected chi connectivity index (χ1v) is 11.3. The molecule has 0 atom stereocenters. The maximum absolute atomic E-state index is 12.6. The van der Waals surface area contributed by atoms with Crippen molar-refractivity contribution < 1.29 is 19.0 Å². The first-order valence-electron chi connectivity index (χ1n) is 9.52. The van der Waals surface area contributed by atoms with Gasteiger partial charge in [0.15, 0.2) is 0 Å². The predicted molar refractivity (Wildman–Crippen MR) is 126 cm³/mol. The fraction of sp³-hybridized carbons (Fsp3) is 0.182. The minimum Gasteiger partial charge on any atom is -0.497 e. The average Bonchev–Trinajstić information content (AvgIpc) is 3.27. The zero-order chi connectivity index (χ0) is 22.5. The number of rotatable bonds is 8. The lowest BCUT2D eigenvalue weighted by Gasteiger charge is -2.11.